The molecular weight excluding hydrogens is 1290 g/mol. The van der Waals surface area contributed by atoms with E-state index >= 15 is 0 Å². The zero-order valence-electron chi connectivity index (χ0n) is 56.7. The number of carboxylic acids is 2. The topological polar surface area (TPSA) is 531 Å². The number of carboxylic acid groups (broad SMARTS) is 2. The van der Waals surface area contributed by atoms with Gasteiger partial charge in [0, 0.05) is 43.5 Å². The molecule has 1 aromatic carbocycles. The van der Waals surface area contributed by atoms with Crippen molar-refractivity contribution in [2.45, 2.75) is 211 Å². The van der Waals surface area contributed by atoms with Crippen molar-refractivity contribution in [2.24, 2.45) is 45.9 Å². The maximum absolute atomic E-state index is 14.8. The van der Waals surface area contributed by atoms with Gasteiger partial charge >= 0.3 is 11.9 Å². The molecule has 0 aliphatic carbocycles. The first-order valence-electron chi connectivity index (χ1n) is 33.0. The number of aromatic amines is 1. The second-order valence-corrected chi connectivity index (χ2v) is 26.7. The zero-order valence-corrected chi connectivity index (χ0v) is 57.6. The molecular formula is C64H99N17O16S. The predicted molar refractivity (Wildman–Crippen MR) is 360 cm³/mol. The number of benzene rings is 1. The monoisotopic (exact) mass is 1390 g/mol. The molecule has 2 aliphatic rings. The Kier molecular flexibility index (Phi) is 33.7. The van der Waals surface area contributed by atoms with Crippen LogP contribution in [0.4, 0.5) is 0 Å². The van der Waals surface area contributed by atoms with E-state index in [0.717, 1.165) is 6.42 Å². The smallest absolute Gasteiger partial charge is 0.305 e. The number of hydrogen-bond acceptors (Lipinski definition) is 19. The highest BCUT2D eigenvalue weighted by atomic mass is 32.2. The molecule has 0 radical (unpaired) electrons. The minimum atomic E-state index is -1.94. The molecule has 98 heavy (non-hydrogen) atoms. The van der Waals surface area contributed by atoms with E-state index in [1.807, 2.05) is 13.8 Å². The Labute approximate surface area is 573 Å². The summed E-state index contributed by atoms with van der Waals surface area (Å²) in [6.45, 7) is 13.7. The van der Waals surface area contributed by atoms with E-state index in [1.54, 1.807) is 71.9 Å². The highest BCUT2D eigenvalue weighted by Crippen LogP contribution is 2.24. The Morgan fingerprint density at radius 1 is 0.684 bits per heavy atom. The third-order valence-electron chi connectivity index (χ3n) is 16.4. The van der Waals surface area contributed by atoms with Crippen molar-refractivity contribution in [2.75, 3.05) is 18.8 Å². The SMILES string of the molecule is CC[C@H](C)[C@H](N)C1=N[C@H](C(=O)N[C@@H](CC(C)C)C(=O)N[C@H](CCC(=O)O)C(=O)N[C@H](C(=O)N[C@H]2CCCCNC(=O)[C@H](CC(N)=O)NC(=O)[C@@H](CC(=O)O)NC(=O)[C@H](Cc3cnc[nH]3)NC(=O)[C@@H](Cc3ccccc3)NC(=O)[C@H](C(C)C)NC(=O)[C@@H](CCCN)NC2=O)C(C)C)CS1. The van der Waals surface area contributed by atoms with E-state index in [2.05, 4.69) is 73.4 Å². The third-order valence-corrected chi connectivity index (χ3v) is 17.5. The minimum absolute atomic E-state index is 0.00113. The number of aliphatic carboxylic acids is 2. The van der Waals surface area contributed by atoms with E-state index in [9.17, 15) is 77.3 Å². The van der Waals surface area contributed by atoms with Crippen molar-refractivity contribution < 1.29 is 77.3 Å². The molecule has 1 fully saturated rings. The average molecular weight is 1390 g/mol. The van der Waals surface area contributed by atoms with Crippen LogP contribution in [0.25, 0.3) is 0 Å². The second-order valence-electron chi connectivity index (χ2n) is 25.7. The molecule has 0 saturated carbocycles. The van der Waals surface area contributed by atoms with Gasteiger partial charge < -0.3 is 90.9 Å². The number of imidazole rings is 1. The molecule has 1 aromatic heterocycles. The number of rotatable bonds is 29. The molecule has 3 heterocycles. The molecule has 542 valence electrons. The van der Waals surface area contributed by atoms with E-state index < -0.39 is 193 Å². The van der Waals surface area contributed by atoms with Crippen LogP contribution < -0.4 is 75.7 Å². The number of carbonyl (C=O) groups excluding carboxylic acids is 12. The Bertz CT molecular complexity index is 3120. The van der Waals surface area contributed by atoms with Crippen LogP contribution >= 0.6 is 11.8 Å². The molecule has 0 spiro atoms. The van der Waals surface area contributed by atoms with Gasteiger partial charge in [0.25, 0.3) is 0 Å². The van der Waals surface area contributed by atoms with Gasteiger partial charge in [0.2, 0.25) is 70.9 Å². The fraction of sp³-hybridized carbons (Fsp3) is 0.625. The second kappa shape index (κ2) is 40.6. The molecule has 33 nitrogen and oxygen atoms in total. The number of H-pyrrole nitrogens is 1. The molecule has 0 bridgehead atoms. The molecule has 13 atom stereocenters. The van der Waals surface area contributed by atoms with Crippen molar-refractivity contribution in [1.82, 2.24) is 68.5 Å². The van der Waals surface area contributed by atoms with E-state index in [1.165, 1.54) is 24.3 Å². The van der Waals surface area contributed by atoms with Gasteiger partial charge in [-0.05, 0) is 80.7 Å². The van der Waals surface area contributed by atoms with Crippen molar-refractivity contribution in [3.63, 3.8) is 0 Å². The van der Waals surface area contributed by atoms with E-state index in [4.69, 9.17) is 17.2 Å². The number of nitrogens with two attached hydrogens (primary N) is 3. The number of aliphatic imine (C=N–C) groups is 1. The van der Waals surface area contributed by atoms with Crippen LogP contribution in [0.3, 0.4) is 0 Å². The first kappa shape index (κ1) is 81.4. The van der Waals surface area contributed by atoms with E-state index in [-0.39, 0.29) is 82.0 Å². The summed E-state index contributed by atoms with van der Waals surface area (Å²) in [5, 5.41) is 48.7. The van der Waals surface area contributed by atoms with Gasteiger partial charge in [-0.2, -0.15) is 0 Å². The summed E-state index contributed by atoms with van der Waals surface area (Å²) < 4.78 is 0. The van der Waals surface area contributed by atoms with Crippen LogP contribution in [0.5, 0.6) is 0 Å². The summed E-state index contributed by atoms with van der Waals surface area (Å²) in [7, 11) is 0. The van der Waals surface area contributed by atoms with E-state index in [0.29, 0.717) is 16.3 Å². The number of amides is 12. The number of primary amides is 1. The summed E-state index contributed by atoms with van der Waals surface area (Å²) in [6, 6.07) is -8.40. The molecule has 12 amide bonds. The summed E-state index contributed by atoms with van der Waals surface area (Å²) in [5.74, 6) is -15.6. The highest BCUT2D eigenvalue weighted by molar-refractivity contribution is 8.14. The van der Waals surface area contributed by atoms with Gasteiger partial charge in [-0.3, -0.25) is 72.1 Å². The summed E-state index contributed by atoms with van der Waals surface area (Å²) in [6.07, 6.45) is -0.181. The summed E-state index contributed by atoms with van der Waals surface area (Å²) >= 11 is 1.34. The lowest BCUT2D eigenvalue weighted by Gasteiger charge is -2.30. The van der Waals surface area contributed by atoms with Crippen LogP contribution in [-0.2, 0) is 80.0 Å². The van der Waals surface area contributed by atoms with Gasteiger partial charge in [0.1, 0.15) is 66.5 Å². The molecule has 0 unspecified atom stereocenters. The van der Waals surface area contributed by atoms with Gasteiger partial charge in [0.15, 0.2) is 0 Å². The fourth-order valence-corrected chi connectivity index (χ4v) is 11.7. The lowest BCUT2D eigenvalue weighted by molar-refractivity contribution is -0.142. The summed E-state index contributed by atoms with van der Waals surface area (Å²) in [4.78, 5) is 205. The maximum Gasteiger partial charge on any atom is 0.305 e. The lowest BCUT2D eigenvalue weighted by atomic mass is 9.99. The lowest BCUT2D eigenvalue weighted by Crippen LogP contribution is -2.62. The molecule has 1 saturated heterocycles. The maximum atomic E-state index is 14.8. The van der Waals surface area contributed by atoms with Crippen LogP contribution in [0.15, 0.2) is 47.8 Å². The Morgan fingerprint density at radius 3 is 1.87 bits per heavy atom. The van der Waals surface area contributed by atoms with Crippen molar-refractivity contribution in [3.8, 4) is 0 Å². The summed E-state index contributed by atoms with van der Waals surface area (Å²) in [5.41, 5.74) is 18.6. The molecule has 2 aromatic rings. The zero-order chi connectivity index (χ0) is 72.9. The largest absolute Gasteiger partial charge is 0.481 e. The Balaban J connectivity index is 1.74. The number of nitrogens with one attached hydrogen (secondary N) is 12. The van der Waals surface area contributed by atoms with Gasteiger partial charge in [0.05, 0.1) is 30.3 Å². The Hall–Kier alpha value is -9.05. The number of carbonyl (C=O) groups is 14. The molecule has 4 rings (SSSR count). The standard InChI is InChI=1S/C64H99N17O16S/c1-9-35(8)50(67)64-79-46(30-98-64)61(95)74-41(24-32(2)3)57(91)72-40(20-21-48(83)84)56(90)81-51(33(4)5)62(96)73-38-18-13-14-23-69-53(87)44(27-47(66)82)76-60(94)45(28-49(85)86)77-59(93)43(26-37-29-68-31-70-37)75-58(92)42(25-36-16-11-10-12-17-36)78-63(97)52(34(6)7)80-55(89)39(19-15-22-65)71-54(38)88/h10-12,16-17,29,31-35,38-46,50-52H,9,13-15,18-28,30,65,67H2,1-8H3,(H2,66,82)(H,68,70)(H,69,87)(H,71,88)(H,72,91)(H,73,96)(H,74,95)(H,75,92)(H,76,94)(H,77,93)(H,78,97)(H,80,89)(H,81,90)(H,83,84)(H,85,86)/t35-,38-,39+,40+,41-,42+,43-,44-,45+,46-,50-,51-,52-/m0/s1. The van der Waals surface area contributed by atoms with Crippen molar-refractivity contribution in [1.29, 1.82) is 0 Å². The first-order valence-corrected chi connectivity index (χ1v) is 34.0. The predicted octanol–water partition coefficient (Wildman–Crippen LogP) is -2.46. The average Bonchev–Trinajstić information content (AvgIpc) is 1.89. The first-order chi connectivity index (χ1) is 46.3. The van der Waals surface area contributed by atoms with Crippen LogP contribution in [-0.4, -0.2) is 199 Å². The van der Waals surface area contributed by atoms with Crippen molar-refractivity contribution >= 4 is 99.6 Å². The molecule has 20 N–H and O–H groups in total. The molecule has 2 aliphatic heterocycles. The van der Waals surface area contributed by atoms with Crippen molar-refractivity contribution in [3.05, 3.63) is 54.1 Å². The number of nitrogens with zero attached hydrogens (tertiary/aromatic N) is 2. The van der Waals surface area contributed by atoms with Crippen LogP contribution in [0.2, 0.25) is 0 Å². The number of aromatic nitrogens is 2. The number of thioether (sulfide) groups is 1. The Morgan fingerprint density at radius 2 is 1.29 bits per heavy atom. The van der Waals surface area contributed by atoms with Gasteiger partial charge in [-0.15, -0.1) is 11.8 Å². The molecule has 34 heteroatoms. The van der Waals surface area contributed by atoms with Crippen LogP contribution in [0.1, 0.15) is 137 Å². The third kappa shape index (κ3) is 27.1. The fourth-order valence-electron chi connectivity index (χ4n) is 10.5. The normalized spacial score (nSPS) is 22.8. The van der Waals surface area contributed by atoms with Crippen LogP contribution in [0, 0.1) is 23.7 Å². The quantitative estimate of drug-likeness (QED) is 0.0402. The van der Waals surface area contributed by atoms with Gasteiger partial charge in [-0.25, -0.2) is 4.98 Å². The highest BCUT2D eigenvalue weighted by Gasteiger charge is 2.39. The van der Waals surface area contributed by atoms with Gasteiger partial charge in [-0.1, -0.05) is 92.1 Å². The number of hydrogen-bond donors (Lipinski definition) is 17. The minimum Gasteiger partial charge on any atom is -0.481 e.